The molecule has 16 heavy (non-hydrogen) atoms. The van der Waals surface area contributed by atoms with E-state index >= 15 is 0 Å². The van der Waals surface area contributed by atoms with Gasteiger partial charge in [-0.2, -0.15) is 8.42 Å². The van der Waals surface area contributed by atoms with E-state index in [4.69, 9.17) is 4.18 Å². The molecule has 0 aliphatic carbocycles. The van der Waals surface area contributed by atoms with Gasteiger partial charge in [0.05, 0.1) is 11.5 Å². The van der Waals surface area contributed by atoms with Crippen molar-refractivity contribution in [3.8, 4) is 0 Å². The molecule has 1 rings (SSSR count). The molecule has 0 unspecified atom stereocenters. The summed E-state index contributed by atoms with van der Waals surface area (Å²) in [6, 6.07) is 8.21. The maximum Gasteiger partial charge on any atom is 0.296 e. The van der Waals surface area contributed by atoms with Gasteiger partial charge in [0, 0.05) is 51.4 Å². The smallest absolute Gasteiger partial charge is 0.266 e. The molecule has 0 heterocycles. The molecule has 0 aliphatic heterocycles. The minimum Gasteiger partial charge on any atom is -0.266 e. The van der Waals surface area contributed by atoms with Gasteiger partial charge in [0.15, 0.2) is 0 Å². The predicted octanol–water partition coefficient (Wildman–Crippen LogP) is 2.20. The standard InChI is InChI=1S/C11H16O3S.K/c1-2-3-7-10-14-15(12,13)11-8-5-4-6-9-11;/h4-6,8-9H,2-3,7,10H2,1H3;. The largest absolute Gasteiger partial charge is 0.296 e. The summed E-state index contributed by atoms with van der Waals surface area (Å²) in [5, 5.41) is 0. The monoisotopic (exact) mass is 267 g/mol. The molecule has 0 spiro atoms. The zero-order chi connectivity index (χ0) is 11.1. The third-order valence-electron chi connectivity index (χ3n) is 2.02. The Balaban J connectivity index is 0.00000225. The van der Waals surface area contributed by atoms with Gasteiger partial charge in [0.1, 0.15) is 0 Å². The summed E-state index contributed by atoms with van der Waals surface area (Å²) in [7, 11) is -3.54. The molecule has 1 aromatic rings. The van der Waals surface area contributed by atoms with E-state index in [9.17, 15) is 8.42 Å². The fourth-order valence-electron chi connectivity index (χ4n) is 1.18. The topological polar surface area (TPSA) is 43.4 Å². The van der Waals surface area contributed by atoms with Gasteiger partial charge in [-0.3, -0.25) is 4.18 Å². The van der Waals surface area contributed by atoms with E-state index in [-0.39, 0.29) is 62.9 Å². The van der Waals surface area contributed by atoms with E-state index < -0.39 is 10.1 Å². The van der Waals surface area contributed by atoms with Crippen molar-refractivity contribution in [2.45, 2.75) is 31.1 Å². The van der Waals surface area contributed by atoms with E-state index in [1.165, 1.54) is 12.1 Å². The van der Waals surface area contributed by atoms with E-state index in [1.807, 2.05) is 0 Å². The summed E-state index contributed by atoms with van der Waals surface area (Å²) in [6.07, 6.45) is 2.82. The molecule has 0 bridgehead atoms. The second-order valence-corrected chi connectivity index (χ2v) is 4.91. The minimum atomic E-state index is -3.54. The zero-order valence-electron chi connectivity index (χ0n) is 9.85. The summed E-state index contributed by atoms with van der Waals surface area (Å²) in [6.45, 7) is 2.33. The third kappa shape index (κ3) is 5.91. The van der Waals surface area contributed by atoms with Crippen molar-refractivity contribution >= 4 is 61.5 Å². The second-order valence-electron chi connectivity index (χ2n) is 3.30. The van der Waals surface area contributed by atoms with Crippen LogP contribution in [0.25, 0.3) is 0 Å². The van der Waals surface area contributed by atoms with Crippen molar-refractivity contribution in [1.82, 2.24) is 0 Å². The van der Waals surface area contributed by atoms with Crippen molar-refractivity contribution in [2.75, 3.05) is 6.61 Å². The second kappa shape index (κ2) is 8.80. The number of benzene rings is 1. The van der Waals surface area contributed by atoms with Crippen LogP contribution in [0.1, 0.15) is 26.2 Å². The first-order valence-electron chi connectivity index (χ1n) is 5.11. The Labute approximate surface area is 140 Å². The first kappa shape index (κ1) is 16.8. The van der Waals surface area contributed by atoms with Crippen LogP contribution in [0.15, 0.2) is 35.2 Å². The van der Waals surface area contributed by atoms with Gasteiger partial charge >= 0.3 is 0 Å². The molecular weight excluding hydrogens is 251 g/mol. The van der Waals surface area contributed by atoms with Crippen LogP contribution in [0.2, 0.25) is 0 Å². The SMILES string of the molecule is CCCCCOS(=O)(=O)c1ccccc1.[K]. The molecule has 85 valence electrons. The molecule has 0 saturated heterocycles. The predicted molar refractivity (Wildman–Crippen MR) is 64.9 cm³/mol. The van der Waals surface area contributed by atoms with Crippen LogP contribution in [0.5, 0.6) is 0 Å². The van der Waals surface area contributed by atoms with E-state index in [2.05, 4.69) is 6.92 Å². The Morgan fingerprint density at radius 2 is 1.75 bits per heavy atom. The first-order valence-corrected chi connectivity index (χ1v) is 6.52. The fraction of sp³-hybridized carbons (Fsp3) is 0.455. The normalized spacial score (nSPS) is 10.8. The molecule has 0 aliphatic rings. The number of hydrogen-bond acceptors (Lipinski definition) is 3. The van der Waals surface area contributed by atoms with Gasteiger partial charge in [-0.15, -0.1) is 0 Å². The van der Waals surface area contributed by atoms with Gasteiger partial charge in [-0.25, -0.2) is 0 Å². The van der Waals surface area contributed by atoms with Crippen molar-refractivity contribution in [2.24, 2.45) is 0 Å². The molecular formula is C11H16KO3S. The van der Waals surface area contributed by atoms with Crippen LogP contribution in [0.4, 0.5) is 0 Å². The molecule has 5 heteroatoms. The average Bonchev–Trinajstić information content (AvgIpc) is 2.26. The molecule has 3 nitrogen and oxygen atoms in total. The molecule has 0 atom stereocenters. The molecule has 0 fully saturated rings. The van der Waals surface area contributed by atoms with Crippen LogP contribution < -0.4 is 0 Å². The molecule has 1 radical (unpaired) electrons. The molecule has 0 saturated carbocycles. The Hall–Kier alpha value is 0.766. The zero-order valence-corrected chi connectivity index (χ0v) is 13.8. The van der Waals surface area contributed by atoms with E-state index in [0.717, 1.165) is 19.3 Å². The summed E-state index contributed by atoms with van der Waals surface area (Å²) < 4.78 is 28.0. The van der Waals surface area contributed by atoms with Crippen LogP contribution in [-0.2, 0) is 14.3 Å². The van der Waals surface area contributed by atoms with Gasteiger partial charge in [-0.1, -0.05) is 38.0 Å². The number of hydrogen-bond donors (Lipinski definition) is 0. The first-order chi connectivity index (χ1) is 7.17. The maximum atomic E-state index is 11.6. The average molecular weight is 267 g/mol. The van der Waals surface area contributed by atoms with Gasteiger partial charge < -0.3 is 0 Å². The Bertz CT molecular complexity index is 375. The van der Waals surface area contributed by atoms with Gasteiger partial charge in [0.2, 0.25) is 0 Å². The molecule has 1 aromatic carbocycles. The third-order valence-corrected chi connectivity index (χ3v) is 3.34. The summed E-state index contributed by atoms with van der Waals surface area (Å²) >= 11 is 0. The van der Waals surface area contributed by atoms with Crippen LogP contribution in [-0.4, -0.2) is 66.4 Å². The van der Waals surface area contributed by atoms with Gasteiger partial charge in [-0.05, 0) is 18.6 Å². The van der Waals surface area contributed by atoms with Crippen LogP contribution in [0, 0.1) is 0 Å². The summed E-state index contributed by atoms with van der Waals surface area (Å²) in [4.78, 5) is 0.224. The molecule has 0 amide bonds. The van der Waals surface area contributed by atoms with E-state index in [1.54, 1.807) is 18.2 Å². The fourth-order valence-corrected chi connectivity index (χ4v) is 2.14. The summed E-state index contributed by atoms with van der Waals surface area (Å²) in [5.74, 6) is 0. The van der Waals surface area contributed by atoms with Crippen molar-refractivity contribution in [1.29, 1.82) is 0 Å². The van der Waals surface area contributed by atoms with Crippen molar-refractivity contribution in [3.63, 3.8) is 0 Å². The van der Waals surface area contributed by atoms with Crippen LogP contribution in [0.3, 0.4) is 0 Å². The molecule has 0 N–H and O–H groups in total. The van der Waals surface area contributed by atoms with Crippen molar-refractivity contribution < 1.29 is 12.6 Å². The quantitative estimate of drug-likeness (QED) is 0.451. The number of rotatable bonds is 6. The van der Waals surface area contributed by atoms with Crippen molar-refractivity contribution in [3.05, 3.63) is 30.3 Å². The number of unbranched alkanes of at least 4 members (excludes halogenated alkanes) is 2. The van der Waals surface area contributed by atoms with Crippen LogP contribution >= 0.6 is 0 Å². The minimum absolute atomic E-state index is 0. The van der Waals surface area contributed by atoms with E-state index in [0.29, 0.717) is 0 Å². The Kier molecular flexibility index (Phi) is 9.22. The Morgan fingerprint density at radius 1 is 1.12 bits per heavy atom. The van der Waals surface area contributed by atoms with Gasteiger partial charge in [0.25, 0.3) is 10.1 Å². The maximum absolute atomic E-state index is 11.6. The summed E-state index contributed by atoms with van der Waals surface area (Å²) in [5.41, 5.74) is 0. The molecule has 0 aromatic heterocycles. The Morgan fingerprint density at radius 3 is 2.31 bits per heavy atom.